The van der Waals surface area contributed by atoms with Crippen molar-refractivity contribution in [3.63, 3.8) is 0 Å². The maximum atomic E-state index is 13.3. The maximum Gasteiger partial charge on any atom is 0.340 e. The van der Waals surface area contributed by atoms with E-state index in [1.54, 1.807) is 54.6 Å². The van der Waals surface area contributed by atoms with Gasteiger partial charge in [-0.1, -0.05) is 71.3 Å². The zero-order valence-corrected chi connectivity index (χ0v) is 36.8. The number of carbonyl (C=O) groups is 5. The number of benzene rings is 6. The first-order chi connectivity index (χ1) is 30.4. The summed E-state index contributed by atoms with van der Waals surface area (Å²) in [6.07, 6.45) is 0.105. The van der Waals surface area contributed by atoms with E-state index in [4.69, 9.17) is 14.3 Å². The van der Waals surface area contributed by atoms with Crippen LogP contribution in [0.2, 0.25) is 0 Å². The number of hydrogen-bond acceptors (Lipinski definition) is 11. The highest BCUT2D eigenvalue weighted by Crippen LogP contribution is 2.33. The lowest BCUT2D eigenvalue weighted by Gasteiger charge is -2.19. The molecule has 0 atom stereocenters. The number of methoxy groups -OCH3 is 1. The Kier molecular flexibility index (Phi) is 16.4. The van der Waals surface area contributed by atoms with Gasteiger partial charge in [0.05, 0.1) is 50.7 Å². The van der Waals surface area contributed by atoms with Gasteiger partial charge in [0.2, 0.25) is 0 Å². The number of carboxylic acids is 2. The molecule has 6 aromatic rings. The first kappa shape index (κ1) is 49.0. The average Bonchev–Trinajstić information content (AvgIpc) is 3.27. The molecule has 0 fully saturated rings. The second kappa shape index (κ2) is 21.4. The molecule has 0 aliphatic heterocycles. The van der Waals surface area contributed by atoms with Crippen LogP contribution in [0.4, 0.5) is 22.7 Å². The van der Waals surface area contributed by atoms with Gasteiger partial charge in [-0.25, -0.2) is 31.2 Å². The van der Waals surface area contributed by atoms with E-state index in [1.165, 1.54) is 61.7 Å². The predicted molar refractivity (Wildman–Crippen MR) is 243 cm³/mol. The van der Waals surface area contributed by atoms with Crippen molar-refractivity contribution in [2.75, 3.05) is 21.9 Å². The molecular weight excluding hydrogens is 863 g/mol. The fourth-order valence-corrected chi connectivity index (χ4v) is 8.60. The van der Waals surface area contributed by atoms with Crippen LogP contribution in [0.3, 0.4) is 0 Å². The molecule has 0 saturated heterocycles. The molecule has 0 bridgehead atoms. The Morgan fingerprint density at radius 3 is 1.39 bits per heavy atom. The van der Waals surface area contributed by atoms with Crippen LogP contribution in [0, 0.1) is 20.8 Å². The van der Waals surface area contributed by atoms with Crippen LogP contribution >= 0.6 is 0 Å². The summed E-state index contributed by atoms with van der Waals surface area (Å²) in [5.41, 5.74) is 4.81. The Bertz CT molecular complexity index is 2880. The molecule has 0 aliphatic carbocycles. The minimum Gasteiger partial charge on any atom is -0.478 e. The van der Waals surface area contributed by atoms with E-state index in [-0.39, 0.29) is 56.4 Å². The SMILES string of the molecule is C=O.C=O.COC(=O)c1cc(Cc2cc(Cc3ccc(NS(=O)(=O)c4ccc(C)cc4)c(C(=O)O)c3)cc(C(=O)O)c2Nc2ccc(C)cc2)ccc1NS(=O)(=O)c1ccc(C)cc1. The molecule has 64 heavy (non-hydrogen) atoms. The molecular formula is C47H45N3O12S2. The molecule has 15 nitrogen and oxygen atoms in total. The third-order valence-corrected chi connectivity index (χ3v) is 12.4. The van der Waals surface area contributed by atoms with Crippen LogP contribution in [0.15, 0.2) is 131 Å². The van der Waals surface area contributed by atoms with Crippen molar-refractivity contribution in [1.82, 2.24) is 0 Å². The summed E-state index contributed by atoms with van der Waals surface area (Å²) in [5, 5.41) is 23.9. The number of aromatic carboxylic acids is 2. The summed E-state index contributed by atoms with van der Waals surface area (Å²) in [6, 6.07) is 31.6. The number of hydrogen-bond donors (Lipinski definition) is 5. The highest BCUT2D eigenvalue weighted by atomic mass is 32.2. The lowest BCUT2D eigenvalue weighted by atomic mass is 9.93. The van der Waals surface area contributed by atoms with E-state index >= 15 is 0 Å². The summed E-state index contributed by atoms with van der Waals surface area (Å²) >= 11 is 0. The van der Waals surface area contributed by atoms with E-state index in [1.807, 2.05) is 46.5 Å². The quantitative estimate of drug-likeness (QED) is 0.0616. The zero-order chi connectivity index (χ0) is 47.4. The Balaban J connectivity index is 0.00000218. The van der Waals surface area contributed by atoms with E-state index < -0.39 is 38.0 Å². The Morgan fingerprint density at radius 2 is 0.938 bits per heavy atom. The fourth-order valence-electron chi connectivity index (χ4n) is 6.44. The van der Waals surface area contributed by atoms with E-state index in [9.17, 15) is 41.4 Å². The highest BCUT2D eigenvalue weighted by Gasteiger charge is 2.23. The summed E-state index contributed by atoms with van der Waals surface area (Å²) in [7, 11) is -7.06. The summed E-state index contributed by atoms with van der Waals surface area (Å²) in [4.78, 5) is 54.4. The van der Waals surface area contributed by atoms with Gasteiger partial charge in [0.1, 0.15) is 13.6 Å². The summed E-state index contributed by atoms with van der Waals surface area (Å²) in [5.74, 6) is -3.44. The zero-order valence-electron chi connectivity index (χ0n) is 35.2. The number of nitrogens with one attached hydrogen (secondary N) is 3. The van der Waals surface area contributed by atoms with Gasteiger partial charge in [-0.2, -0.15) is 0 Å². The molecule has 6 rings (SSSR count). The van der Waals surface area contributed by atoms with Crippen molar-refractivity contribution in [2.24, 2.45) is 0 Å². The van der Waals surface area contributed by atoms with Crippen LogP contribution in [0.25, 0.3) is 0 Å². The topological polar surface area (TPSA) is 239 Å². The Labute approximate surface area is 370 Å². The molecule has 0 radical (unpaired) electrons. The Hall–Kier alpha value is -7.63. The molecule has 0 amide bonds. The summed E-state index contributed by atoms with van der Waals surface area (Å²) < 4.78 is 62.7. The number of anilines is 4. The molecule has 17 heteroatoms. The van der Waals surface area contributed by atoms with Crippen LogP contribution in [-0.2, 0) is 47.2 Å². The van der Waals surface area contributed by atoms with Crippen LogP contribution in [0.1, 0.15) is 70.0 Å². The first-order valence-electron chi connectivity index (χ1n) is 19.0. The fraction of sp³-hybridized carbons (Fsp3) is 0.128. The number of esters is 1. The minimum atomic E-state index is -4.13. The van der Waals surface area contributed by atoms with Gasteiger partial charge in [-0.3, -0.25) is 9.44 Å². The molecule has 332 valence electrons. The second-order valence-corrected chi connectivity index (χ2v) is 17.6. The third-order valence-electron chi connectivity index (χ3n) is 9.59. The van der Waals surface area contributed by atoms with Crippen molar-refractivity contribution < 1.29 is 55.8 Å². The molecule has 0 aromatic heterocycles. The van der Waals surface area contributed by atoms with Crippen LogP contribution in [-0.4, -0.2) is 65.6 Å². The van der Waals surface area contributed by atoms with E-state index in [0.717, 1.165) is 16.7 Å². The van der Waals surface area contributed by atoms with E-state index in [2.05, 4.69) is 14.8 Å². The lowest BCUT2D eigenvalue weighted by molar-refractivity contribution is -0.0987. The first-order valence-corrected chi connectivity index (χ1v) is 22.0. The van der Waals surface area contributed by atoms with Crippen molar-refractivity contribution in [3.8, 4) is 0 Å². The molecule has 0 unspecified atom stereocenters. The van der Waals surface area contributed by atoms with Gasteiger partial charge < -0.3 is 29.9 Å². The largest absolute Gasteiger partial charge is 0.478 e. The third kappa shape index (κ3) is 12.3. The molecule has 5 N–H and O–H groups in total. The average molecular weight is 908 g/mol. The van der Waals surface area contributed by atoms with Crippen molar-refractivity contribution in [3.05, 3.63) is 177 Å². The number of rotatable bonds is 15. The molecule has 0 aliphatic rings. The van der Waals surface area contributed by atoms with E-state index in [0.29, 0.717) is 27.9 Å². The number of aryl methyl sites for hydroxylation is 3. The second-order valence-electron chi connectivity index (χ2n) is 14.2. The number of ether oxygens (including phenoxy) is 1. The van der Waals surface area contributed by atoms with Gasteiger partial charge >= 0.3 is 17.9 Å². The van der Waals surface area contributed by atoms with Crippen LogP contribution in [0.5, 0.6) is 0 Å². The van der Waals surface area contributed by atoms with Crippen molar-refractivity contribution >= 4 is 74.3 Å². The maximum absolute atomic E-state index is 13.3. The summed E-state index contributed by atoms with van der Waals surface area (Å²) in [6.45, 7) is 9.54. The molecule has 0 heterocycles. The monoisotopic (exact) mass is 907 g/mol. The lowest BCUT2D eigenvalue weighted by Crippen LogP contribution is -2.16. The number of sulfonamides is 2. The number of carbonyl (C=O) groups excluding carboxylic acids is 3. The van der Waals surface area contributed by atoms with Gasteiger partial charge in [-0.05, 0) is 123 Å². The number of carboxylic acid groups (broad SMARTS) is 2. The van der Waals surface area contributed by atoms with Gasteiger partial charge in [0.25, 0.3) is 20.0 Å². The smallest absolute Gasteiger partial charge is 0.340 e. The van der Waals surface area contributed by atoms with Gasteiger partial charge in [0.15, 0.2) is 0 Å². The molecule has 0 saturated carbocycles. The predicted octanol–water partition coefficient (Wildman–Crippen LogP) is 7.95. The highest BCUT2D eigenvalue weighted by molar-refractivity contribution is 7.93. The van der Waals surface area contributed by atoms with Crippen LogP contribution < -0.4 is 14.8 Å². The normalized spacial score (nSPS) is 10.8. The Morgan fingerprint density at radius 1 is 0.531 bits per heavy atom. The minimum absolute atomic E-state index is 0.00788. The van der Waals surface area contributed by atoms with Crippen molar-refractivity contribution in [2.45, 2.75) is 43.4 Å². The molecule has 0 spiro atoms. The molecule has 6 aromatic carbocycles. The van der Waals surface area contributed by atoms with Gasteiger partial charge in [-0.15, -0.1) is 0 Å². The standard InChI is InChI=1S/C45H41N3O10S2.2CH2O/c1-27-5-13-34(14-6-27)46-42-33(22-31-12-20-41(38(25-31)45(53)58-4)48-60(56,57)36-17-9-29(3)10-18-36)23-32(26-39(42)44(51)52)21-30-11-19-40(37(24-30)43(49)50)47-59(54,55)35-15-7-28(2)8-16-35;2*1-2/h5-20,23-26,46-48H,21-22H2,1-4H3,(H,49,50)(H,51,52);2*1H2. The van der Waals surface area contributed by atoms with Gasteiger partial charge in [0, 0.05) is 5.69 Å². The van der Waals surface area contributed by atoms with Crippen molar-refractivity contribution in [1.29, 1.82) is 0 Å².